The minimum Gasteiger partial charge on any atom is -0.397 e. The molecule has 1 aliphatic rings. The molecule has 0 aromatic heterocycles. The number of rotatable bonds is 3. The Morgan fingerprint density at radius 3 is 2.75 bits per heavy atom. The summed E-state index contributed by atoms with van der Waals surface area (Å²) in [7, 11) is -4.61. The van der Waals surface area contributed by atoms with Crippen LogP contribution in [-0.4, -0.2) is 26.6 Å². The summed E-state index contributed by atoms with van der Waals surface area (Å²) in [6.45, 7) is 0.0953. The summed E-state index contributed by atoms with van der Waals surface area (Å²) in [6, 6.07) is 6.39. The lowest BCUT2D eigenvalue weighted by atomic mass is 10.1. The van der Waals surface area contributed by atoms with E-state index < -0.39 is 21.9 Å². The molecule has 0 spiro atoms. The third kappa shape index (κ3) is 3.05. The Morgan fingerprint density at radius 1 is 1.50 bits per heavy atom. The lowest BCUT2D eigenvalue weighted by Gasteiger charge is -2.18. The third-order valence-corrected chi connectivity index (χ3v) is 3.96. The molecule has 1 fully saturated rings. The van der Waals surface area contributed by atoms with Gasteiger partial charge in [-0.2, -0.15) is 13.7 Å². The molecule has 2 rings (SSSR count). The number of halogens is 1. The Morgan fingerprint density at radius 2 is 2.20 bits per heavy atom. The van der Waals surface area contributed by atoms with Gasteiger partial charge in [-0.25, -0.2) is 0 Å². The molecule has 8 heteroatoms. The Labute approximate surface area is 115 Å². The molecule has 20 heavy (non-hydrogen) atoms. The highest BCUT2D eigenvalue weighted by atomic mass is 32.3. The number of nitrogen functional groups attached to an aromatic ring is 1. The zero-order chi connectivity index (χ0) is 14.9. The quantitative estimate of drug-likeness (QED) is 0.656. The number of anilines is 2. The monoisotopic (exact) mass is 297 g/mol. The highest BCUT2D eigenvalue weighted by Gasteiger charge is 2.34. The summed E-state index contributed by atoms with van der Waals surface area (Å²) < 4.78 is 33.9. The van der Waals surface area contributed by atoms with E-state index in [1.807, 2.05) is 6.07 Å². The van der Waals surface area contributed by atoms with E-state index in [0.717, 1.165) is 0 Å². The molecule has 1 amide bonds. The molecule has 2 N–H and O–H groups in total. The maximum absolute atomic E-state index is 12.7. The number of nitrogens with two attached hydrogens (primary N) is 1. The van der Waals surface area contributed by atoms with E-state index >= 15 is 0 Å². The van der Waals surface area contributed by atoms with Crippen LogP contribution in [0.4, 0.5) is 15.3 Å². The standard InChI is InChI=1S/C12H12FN3O3S/c13-20(18,19)7-9-4-12(17)16(6-9)11-2-1-8(5-14)3-10(11)15/h1-3,9H,4,6-7,15H2. The van der Waals surface area contributed by atoms with Crippen LogP contribution in [0.5, 0.6) is 0 Å². The second kappa shape index (κ2) is 5.09. The first-order valence-corrected chi connectivity index (χ1v) is 7.38. The van der Waals surface area contributed by atoms with Crippen molar-refractivity contribution in [1.29, 1.82) is 5.26 Å². The largest absolute Gasteiger partial charge is 0.397 e. The molecule has 106 valence electrons. The predicted octanol–water partition coefficient (Wildman–Crippen LogP) is 0.793. The van der Waals surface area contributed by atoms with Crippen LogP contribution in [0.25, 0.3) is 0 Å². The molecule has 0 radical (unpaired) electrons. The van der Waals surface area contributed by atoms with Gasteiger partial charge >= 0.3 is 10.2 Å². The van der Waals surface area contributed by atoms with Gasteiger partial charge in [-0.05, 0) is 18.2 Å². The average molecular weight is 297 g/mol. The number of nitrogens with zero attached hydrogens (tertiary/aromatic N) is 2. The Hall–Kier alpha value is -2.14. The summed E-state index contributed by atoms with van der Waals surface area (Å²) in [5.74, 6) is -1.58. The van der Waals surface area contributed by atoms with E-state index in [2.05, 4.69) is 0 Å². The maximum Gasteiger partial charge on any atom is 0.302 e. The lowest BCUT2D eigenvalue weighted by molar-refractivity contribution is -0.117. The van der Waals surface area contributed by atoms with Gasteiger partial charge in [0.05, 0.1) is 28.8 Å². The molecule has 1 unspecified atom stereocenters. The number of hydrogen-bond donors (Lipinski definition) is 1. The Kier molecular flexibility index (Phi) is 3.63. The lowest BCUT2D eigenvalue weighted by Crippen LogP contribution is -2.26. The van der Waals surface area contributed by atoms with E-state index in [9.17, 15) is 17.1 Å². The Balaban J connectivity index is 2.22. The number of nitriles is 1. The second-order valence-electron chi connectivity index (χ2n) is 4.67. The van der Waals surface area contributed by atoms with Crippen LogP contribution in [0.2, 0.25) is 0 Å². The molecule has 6 nitrogen and oxygen atoms in total. The summed E-state index contributed by atoms with van der Waals surface area (Å²) in [6.07, 6.45) is -0.0391. The first kappa shape index (κ1) is 14.3. The van der Waals surface area contributed by atoms with E-state index in [1.54, 1.807) is 0 Å². The van der Waals surface area contributed by atoms with Crippen LogP contribution in [0.1, 0.15) is 12.0 Å². The Bertz CT molecular complexity index is 696. The van der Waals surface area contributed by atoms with Crippen molar-refractivity contribution in [3.05, 3.63) is 23.8 Å². The zero-order valence-electron chi connectivity index (χ0n) is 10.4. The van der Waals surface area contributed by atoms with Crippen molar-refractivity contribution in [3.8, 4) is 6.07 Å². The van der Waals surface area contributed by atoms with Crippen molar-refractivity contribution in [1.82, 2.24) is 0 Å². The van der Waals surface area contributed by atoms with Crippen LogP contribution < -0.4 is 10.6 Å². The minimum absolute atomic E-state index is 0.0391. The topological polar surface area (TPSA) is 104 Å². The van der Waals surface area contributed by atoms with Crippen LogP contribution >= 0.6 is 0 Å². The molecule has 0 saturated carbocycles. The van der Waals surface area contributed by atoms with Gasteiger partial charge in [0.25, 0.3) is 0 Å². The summed E-state index contributed by atoms with van der Waals surface area (Å²) in [5.41, 5.74) is 6.80. The molecular formula is C12H12FN3O3S. The van der Waals surface area contributed by atoms with Crippen molar-refractivity contribution in [2.75, 3.05) is 22.9 Å². The summed E-state index contributed by atoms with van der Waals surface area (Å²) >= 11 is 0. The van der Waals surface area contributed by atoms with Gasteiger partial charge in [0.1, 0.15) is 0 Å². The van der Waals surface area contributed by atoms with Gasteiger partial charge in [-0.15, -0.1) is 3.89 Å². The van der Waals surface area contributed by atoms with Crippen LogP contribution in [0, 0.1) is 17.2 Å². The van der Waals surface area contributed by atoms with Gasteiger partial charge in [0, 0.05) is 18.9 Å². The van der Waals surface area contributed by atoms with Crippen LogP contribution in [0.15, 0.2) is 18.2 Å². The van der Waals surface area contributed by atoms with Crippen molar-refractivity contribution in [3.63, 3.8) is 0 Å². The van der Waals surface area contributed by atoms with Crippen molar-refractivity contribution in [2.45, 2.75) is 6.42 Å². The molecule has 0 aliphatic carbocycles. The molecule has 1 heterocycles. The smallest absolute Gasteiger partial charge is 0.302 e. The normalized spacial score (nSPS) is 19.1. The van der Waals surface area contributed by atoms with Crippen LogP contribution in [0.3, 0.4) is 0 Å². The third-order valence-electron chi connectivity index (χ3n) is 3.09. The second-order valence-corrected chi connectivity index (χ2v) is 6.08. The van der Waals surface area contributed by atoms with Gasteiger partial charge in [-0.1, -0.05) is 0 Å². The van der Waals surface area contributed by atoms with Gasteiger partial charge in [0.15, 0.2) is 0 Å². The number of hydrogen-bond acceptors (Lipinski definition) is 5. The first-order chi connectivity index (χ1) is 9.30. The molecule has 1 aromatic carbocycles. The molecule has 1 aliphatic heterocycles. The fourth-order valence-electron chi connectivity index (χ4n) is 2.28. The van der Waals surface area contributed by atoms with Crippen molar-refractivity contribution < 1.29 is 17.1 Å². The van der Waals surface area contributed by atoms with E-state index in [0.29, 0.717) is 11.3 Å². The van der Waals surface area contributed by atoms with Crippen LogP contribution in [-0.2, 0) is 15.0 Å². The number of benzene rings is 1. The first-order valence-electron chi connectivity index (χ1n) is 5.82. The number of carbonyl (C=O) groups excluding carboxylic acids is 1. The minimum atomic E-state index is -4.61. The molecule has 1 saturated heterocycles. The SMILES string of the molecule is N#Cc1ccc(N2CC(CS(=O)(=O)F)CC2=O)c(N)c1. The van der Waals surface area contributed by atoms with Crippen molar-refractivity contribution >= 4 is 27.5 Å². The number of amides is 1. The van der Waals surface area contributed by atoms with Gasteiger partial charge in [0.2, 0.25) is 5.91 Å². The van der Waals surface area contributed by atoms with E-state index in [-0.39, 0.29) is 24.6 Å². The van der Waals surface area contributed by atoms with Gasteiger partial charge in [-0.3, -0.25) is 4.79 Å². The van der Waals surface area contributed by atoms with Crippen molar-refractivity contribution in [2.24, 2.45) is 5.92 Å². The summed E-state index contributed by atoms with van der Waals surface area (Å²) in [5, 5.41) is 8.75. The van der Waals surface area contributed by atoms with Gasteiger partial charge < -0.3 is 10.6 Å². The molecule has 1 atom stereocenters. The molecule has 1 aromatic rings. The zero-order valence-corrected chi connectivity index (χ0v) is 11.2. The van der Waals surface area contributed by atoms with E-state index in [1.165, 1.54) is 23.1 Å². The predicted molar refractivity (Wildman–Crippen MR) is 70.9 cm³/mol. The molecular weight excluding hydrogens is 285 g/mol. The fraction of sp³-hybridized carbons (Fsp3) is 0.333. The average Bonchev–Trinajstić information content (AvgIpc) is 2.67. The maximum atomic E-state index is 12.7. The molecule has 0 bridgehead atoms. The fourth-order valence-corrected chi connectivity index (χ4v) is 3.06. The highest BCUT2D eigenvalue weighted by molar-refractivity contribution is 7.86. The van der Waals surface area contributed by atoms with E-state index in [4.69, 9.17) is 11.0 Å². The summed E-state index contributed by atoms with van der Waals surface area (Å²) in [4.78, 5) is 13.2. The number of carbonyl (C=O) groups is 1. The highest BCUT2D eigenvalue weighted by Crippen LogP contribution is 2.31.